The van der Waals surface area contributed by atoms with Crippen LogP contribution in [-0.4, -0.2) is 10.9 Å². The second kappa shape index (κ2) is 6.75. The Balaban J connectivity index is 1.83. The molecular weight excluding hydrogens is 340 g/mol. The van der Waals surface area contributed by atoms with E-state index < -0.39 is 0 Å². The molecule has 0 fully saturated rings. The van der Waals surface area contributed by atoms with Crippen molar-refractivity contribution in [3.8, 4) is 11.3 Å². The normalized spacial score (nSPS) is 10.7. The molecule has 2 heterocycles. The van der Waals surface area contributed by atoms with Gasteiger partial charge in [-0.3, -0.25) is 9.78 Å². The monoisotopic (exact) mass is 356 g/mol. The number of benzene rings is 1. The molecule has 24 heavy (non-hydrogen) atoms. The average molecular weight is 357 g/mol. The first-order valence-electron chi connectivity index (χ1n) is 7.55. The number of hydrogen-bond donors (Lipinski definition) is 1. The minimum Gasteiger partial charge on any atom is -0.321 e. The van der Waals surface area contributed by atoms with E-state index >= 15 is 0 Å². The van der Waals surface area contributed by atoms with Gasteiger partial charge in [-0.15, -0.1) is 11.3 Å². The molecule has 3 aromatic rings. The third kappa shape index (κ3) is 3.21. The molecular formula is C19H17ClN2OS. The molecule has 3 rings (SSSR count). The van der Waals surface area contributed by atoms with Crippen molar-refractivity contribution < 1.29 is 4.79 Å². The van der Waals surface area contributed by atoms with Gasteiger partial charge >= 0.3 is 0 Å². The molecule has 122 valence electrons. The van der Waals surface area contributed by atoms with Crippen LogP contribution in [0.25, 0.3) is 11.3 Å². The molecule has 5 heteroatoms. The van der Waals surface area contributed by atoms with Gasteiger partial charge in [0.05, 0.1) is 22.6 Å². The zero-order valence-electron chi connectivity index (χ0n) is 13.7. The lowest BCUT2D eigenvalue weighted by atomic mass is 10.0. The molecule has 3 nitrogen and oxygen atoms in total. The Kier molecular flexibility index (Phi) is 4.69. The van der Waals surface area contributed by atoms with Crippen molar-refractivity contribution in [1.29, 1.82) is 0 Å². The quantitative estimate of drug-likeness (QED) is 0.659. The van der Waals surface area contributed by atoms with Crippen LogP contribution in [0.5, 0.6) is 0 Å². The number of nitrogens with zero attached hydrogens (tertiary/aromatic N) is 1. The van der Waals surface area contributed by atoms with Gasteiger partial charge in [0.1, 0.15) is 0 Å². The fourth-order valence-electron chi connectivity index (χ4n) is 2.71. The Hall–Kier alpha value is -2.17. The Morgan fingerprint density at radius 3 is 2.38 bits per heavy atom. The summed E-state index contributed by atoms with van der Waals surface area (Å²) in [7, 11) is 0. The fraction of sp³-hybridized carbons (Fsp3) is 0.158. The summed E-state index contributed by atoms with van der Waals surface area (Å²) >= 11 is 7.82. The summed E-state index contributed by atoms with van der Waals surface area (Å²) in [5.41, 5.74) is 5.04. The highest BCUT2D eigenvalue weighted by molar-refractivity contribution is 7.11. The molecule has 0 bridgehead atoms. The van der Waals surface area contributed by atoms with Crippen molar-refractivity contribution in [2.75, 3.05) is 5.32 Å². The number of carbonyl (C=O) groups excluding carboxylic acids is 1. The third-order valence-electron chi connectivity index (χ3n) is 3.92. The zero-order valence-corrected chi connectivity index (χ0v) is 15.3. The summed E-state index contributed by atoms with van der Waals surface area (Å²) in [6, 6.07) is 9.54. The van der Waals surface area contributed by atoms with E-state index in [0.717, 1.165) is 27.3 Å². The van der Waals surface area contributed by atoms with Gasteiger partial charge in [-0.05, 0) is 44.0 Å². The summed E-state index contributed by atoms with van der Waals surface area (Å²) in [6.07, 6.45) is 1.66. The second-order valence-electron chi connectivity index (χ2n) is 5.67. The van der Waals surface area contributed by atoms with Gasteiger partial charge < -0.3 is 5.32 Å². The van der Waals surface area contributed by atoms with E-state index in [-0.39, 0.29) is 5.91 Å². The fourth-order valence-corrected chi connectivity index (χ4v) is 3.87. The maximum Gasteiger partial charge on any atom is 0.256 e. The lowest BCUT2D eigenvalue weighted by Gasteiger charge is -2.10. The second-order valence-corrected chi connectivity index (χ2v) is 7.16. The number of amides is 1. The van der Waals surface area contributed by atoms with Crippen LogP contribution in [0, 0.1) is 20.8 Å². The smallest absolute Gasteiger partial charge is 0.256 e. The number of anilines is 1. The van der Waals surface area contributed by atoms with Crippen molar-refractivity contribution in [2.24, 2.45) is 0 Å². The summed E-state index contributed by atoms with van der Waals surface area (Å²) in [5, 5.41) is 5.52. The number of nitrogens with one attached hydrogen (secondary N) is 1. The van der Waals surface area contributed by atoms with Gasteiger partial charge in [0.25, 0.3) is 5.91 Å². The van der Waals surface area contributed by atoms with Crippen molar-refractivity contribution >= 4 is 34.5 Å². The number of aromatic nitrogens is 1. The maximum atomic E-state index is 12.5. The maximum absolute atomic E-state index is 12.5. The van der Waals surface area contributed by atoms with E-state index in [1.807, 2.05) is 56.5 Å². The summed E-state index contributed by atoms with van der Waals surface area (Å²) in [5.74, 6) is -0.120. The molecule has 0 aliphatic rings. The topological polar surface area (TPSA) is 42.0 Å². The number of thiophene rings is 1. The molecule has 1 N–H and O–H groups in total. The van der Waals surface area contributed by atoms with Crippen molar-refractivity contribution in [3.05, 3.63) is 68.5 Å². The molecule has 0 saturated carbocycles. The zero-order chi connectivity index (χ0) is 17.3. The first-order valence-corrected chi connectivity index (χ1v) is 8.80. The highest BCUT2D eigenvalue weighted by Crippen LogP contribution is 2.34. The predicted octanol–water partition coefficient (Wildman–Crippen LogP) is 5.64. The van der Waals surface area contributed by atoms with Crippen LogP contribution in [0.1, 0.15) is 26.4 Å². The molecule has 0 aliphatic carbocycles. The first kappa shape index (κ1) is 16.7. The highest BCUT2D eigenvalue weighted by Gasteiger charge is 2.13. The van der Waals surface area contributed by atoms with Crippen LogP contribution in [0.15, 0.2) is 41.9 Å². The Morgan fingerprint density at radius 1 is 1.12 bits per heavy atom. The van der Waals surface area contributed by atoms with Gasteiger partial charge in [-0.25, -0.2) is 0 Å². The number of rotatable bonds is 3. The average Bonchev–Trinajstić information content (AvgIpc) is 2.87. The number of carbonyl (C=O) groups is 1. The minimum atomic E-state index is -0.120. The van der Waals surface area contributed by atoms with Gasteiger partial charge in [0, 0.05) is 21.4 Å². The van der Waals surface area contributed by atoms with Gasteiger partial charge in [0.2, 0.25) is 0 Å². The van der Waals surface area contributed by atoms with Crippen LogP contribution in [0.2, 0.25) is 5.02 Å². The Labute approximate surface area is 150 Å². The largest absolute Gasteiger partial charge is 0.321 e. The third-order valence-corrected chi connectivity index (χ3v) is 5.25. The van der Waals surface area contributed by atoms with Crippen LogP contribution in [-0.2, 0) is 0 Å². The molecule has 0 atom stereocenters. The lowest BCUT2D eigenvalue weighted by Crippen LogP contribution is -2.15. The van der Waals surface area contributed by atoms with Gasteiger partial charge in [-0.1, -0.05) is 29.8 Å². The van der Waals surface area contributed by atoms with Crippen LogP contribution in [0.3, 0.4) is 0 Å². The van der Waals surface area contributed by atoms with E-state index in [1.165, 1.54) is 0 Å². The van der Waals surface area contributed by atoms with Crippen molar-refractivity contribution in [1.82, 2.24) is 4.98 Å². The molecule has 1 aromatic carbocycles. The van der Waals surface area contributed by atoms with Gasteiger partial charge in [0.15, 0.2) is 0 Å². The van der Waals surface area contributed by atoms with E-state index in [4.69, 9.17) is 11.6 Å². The summed E-state index contributed by atoms with van der Waals surface area (Å²) in [6.45, 7) is 5.89. The van der Waals surface area contributed by atoms with Crippen LogP contribution >= 0.6 is 22.9 Å². The molecule has 0 spiro atoms. The van der Waals surface area contributed by atoms with Crippen LogP contribution in [0.4, 0.5) is 5.69 Å². The molecule has 2 aromatic heterocycles. The van der Waals surface area contributed by atoms with E-state index in [9.17, 15) is 4.79 Å². The number of pyridine rings is 1. The van der Waals surface area contributed by atoms with Crippen molar-refractivity contribution in [2.45, 2.75) is 20.8 Å². The first-order chi connectivity index (χ1) is 11.5. The SMILES string of the molecule is Cc1cccc(C)c1C(=O)Nc1ccc(-c2c(Cl)csc2C)nc1. The lowest BCUT2D eigenvalue weighted by molar-refractivity contribution is 0.102. The molecule has 0 radical (unpaired) electrons. The summed E-state index contributed by atoms with van der Waals surface area (Å²) < 4.78 is 0. The molecule has 0 aliphatic heterocycles. The molecule has 1 amide bonds. The predicted molar refractivity (Wildman–Crippen MR) is 101 cm³/mol. The Morgan fingerprint density at radius 2 is 1.83 bits per heavy atom. The number of aryl methyl sites for hydroxylation is 3. The van der Waals surface area contributed by atoms with E-state index in [0.29, 0.717) is 16.3 Å². The summed E-state index contributed by atoms with van der Waals surface area (Å²) in [4.78, 5) is 18.1. The molecule has 0 unspecified atom stereocenters. The van der Waals surface area contributed by atoms with Gasteiger partial charge in [-0.2, -0.15) is 0 Å². The molecule has 0 saturated heterocycles. The van der Waals surface area contributed by atoms with Crippen molar-refractivity contribution in [3.63, 3.8) is 0 Å². The number of hydrogen-bond acceptors (Lipinski definition) is 3. The standard InChI is InChI=1S/C19H17ClN2OS/c1-11-5-4-6-12(2)17(11)19(23)22-14-7-8-16(21-9-14)18-13(3)24-10-15(18)20/h4-10H,1-3H3,(H,22,23). The van der Waals surface area contributed by atoms with E-state index in [1.54, 1.807) is 17.5 Å². The Bertz CT molecular complexity index is 860. The number of halogens is 1. The minimum absolute atomic E-state index is 0.120. The van der Waals surface area contributed by atoms with E-state index in [2.05, 4.69) is 10.3 Å². The highest BCUT2D eigenvalue weighted by atomic mass is 35.5. The van der Waals surface area contributed by atoms with Crippen LogP contribution < -0.4 is 5.32 Å².